The van der Waals surface area contributed by atoms with E-state index in [1.807, 2.05) is 32.9 Å². The average molecular weight is 396 g/mol. The lowest BCUT2D eigenvalue weighted by Crippen LogP contribution is -2.34. The van der Waals surface area contributed by atoms with E-state index in [9.17, 15) is 14.0 Å². The lowest BCUT2D eigenvalue weighted by atomic mass is 10.1. The highest BCUT2D eigenvalue weighted by Gasteiger charge is 2.15. The highest BCUT2D eigenvalue weighted by molar-refractivity contribution is 5.98. The van der Waals surface area contributed by atoms with Gasteiger partial charge in [0.2, 0.25) is 0 Å². The van der Waals surface area contributed by atoms with Crippen LogP contribution in [0.1, 0.15) is 42.9 Å². The van der Waals surface area contributed by atoms with Crippen molar-refractivity contribution in [3.8, 4) is 0 Å². The molecule has 0 radical (unpaired) electrons. The number of rotatable bonds is 6. The Morgan fingerprint density at radius 1 is 1.10 bits per heavy atom. The van der Waals surface area contributed by atoms with Crippen LogP contribution in [0.15, 0.2) is 48.5 Å². The number of aromatic amines is 1. The van der Waals surface area contributed by atoms with Crippen molar-refractivity contribution in [1.82, 2.24) is 15.2 Å². The molecule has 0 saturated carbocycles. The molecule has 0 saturated heterocycles. The number of nitrogens with one attached hydrogen (secondary N) is 3. The SMILES string of the molecule is CCN(CC)C(=O)Nc1ccc([C@H](C)NC(=O)c2cc3c(F)cccc3[nH]2)cc1. The van der Waals surface area contributed by atoms with Crippen molar-refractivity contribution in [2.75, 3.05) is 18.4 Å². The number of urea groups is 1. The molecule has 0 spiro atoms. The van der Waals surface area contributed by atoms with Gasteiger partial charge in [-0.3, -0.25) is 4.79 Å². The molecule has 1 heterocycles. The van der Waals surface area contributed by atoms with E-state index in [-0.39, 0.29) is 23.8 Å². The van der Waals surface area contributed by atoms with Gasteiger partial charge >= 0.3 is 6.03 Å². The van der Waals surface area contributed by atoms with E-state index < -0.39 is 0 Å². The first kappa shape index (κ1) is 20.4. The van der Waals surface area contributed by atoms with Crippen LogP contribution in [0.2, 0.25) is 0 Å². The number of anilines is 1. The maximum absolute atomic E-state index is 13.8. The molecule has 1 atom stereocenters. The summed E-state index contributed by atoms with van der Waals surface area (Å²) in [6.07, 6.45) is 0. The van der Waals surface area contributed by atoms with Crippen molar-refractivity contribution in [1.29, 1.82) is 0 Å². The Balaban J connectivity index is 1.65. The minimum atomic E-state index is -0.367. The molecular weight excluding hydrogens is 371 g/mol. The van der Waals surface area contributed by atoms with Gasteiger partial charge in [0.1, 0.15) is 11.5 Å². The predicted molar refractivity (Wildman–Crippen MR) is 113 cm³/mol. The van der Waals surface area contributed by atoms with Crippen LogP contribution in [0.25, 0.3) is 10.9 Å². The summed E-state index contributed by atoms with van der Waals surface area (Å²) in [5.41, 5.74) is 2.47. The molecule has 7 heteroatoms. The van der Waals surface area contributed by atoms with Gasteiger partial charge in [-0.15, -0.1) is 0 Å². The second-order valence-electron chi connectivity index (χ2n) is 6.80. The monoisotopic (exact) mass is 396 g/mol. The highest BCUT2D eigenvalue weighted by atomic mass is 19.1. The lowest BCUT2D eigenvalue weighted by molar-refractivity contribution is 0.0935. The fourth-order valence-electron chi connectivity index (χ4n) is 3.17. The van der Waals surface area contributed by atoms with Crippen LogP contribution in [0.5, 0.6) is 0 Å². The van der Waals surface area contributed by atoms with Crippen LogP contribution in [-0.4, -0.2) is 34.9 Å². The van der Waals surface area contributed by atoms with Crippen molar-refractivity contribution < 1.29 is 14.0 Å². The van der Waals surface area contributed by atoms with E-state index in [0.29, 0.717) is 35.4 Å². The van der Waals surface area contributed by atoms with Crippen molar-refractivity contribution in [3.63, 3.8) is 0 Å². The molecule has 0 fully saturated rings. The number of carbonyl (C=O) groups excluding carboxylic acids is 2. The number of hydrogen-bond donors (Lipinski definition) is 3. The Morgan fingerprint density at radius 2 is 1.79 bits per heavy atom. The summed E-state index contributed by atoms with van der Waals surface area (Å²) in [6.45, 7) is 7.00. The van der Waals surface area contributed by atoms with E-state index in [1.54, 1.807) is 29.2 Å². The Bertz CT molecular complexity index is 1010. The van der Waals surface area contributed by atoms with Gasteiger partial charge in [0.05, 0.1) is 6.04 Å². The molecule has 3 amide bonds. The quantitative estimate of drug-likeness (QED) is 0.566. The maximum atomic E-state index is 13.8. The summed E-state index contributed by atoms with van der Waals surface area (Å²) < 4.78 is 13.8. The molecule has 0 aliphatic carbocycles. The maximum Gasteiger partial charge on any atom is 0.321 e. The predicted octanol–water partition coefficient (Wildman–Crippen LogP) is 4.67. The van der Waals surface area contributed by atoms with Gasteiger partial charge in [-0.25, -0.2) is 9.18 Å². The number of nitrogens with zero attached hydrogens (tertiary/aromatic N) is 1. The van der Waals surface area contributed by atoms with E-state index in [2.05, 4.69) is 15.6 Å². The third-order valence-electron chi connectivity index (χ3n) is 4.92. The summed E-state index contributed by atoms with van der Waals surface area (Å²) >= 11 is 0. The zero-order chi connectivity index (χ0) is 21.0. The normalized spacial score (nSPS) is 11.9. The Kier molecular flexibility index (Phi) is 6.16. The van der Waals surface area contributed by atoms with E-state index in [0.717, 1.165) is 5.56 Å². The molecule has 3 aromatic rings. The van der Waals surface area contributed by atoms with Crippen LogP contribution in [0.3, 0.4) is 0 Å². The van der Waals surface area contributed by atoms with Gasteiger partial charge in [-0.2, -0.15) is 0 Å². The first-order valence-electron chi connectivity index (χ1n) is 9.66. The fourth-order valence-corrected chi connectivity index (χ4v) is 3.17. The van der Waals surface area contributed by atoms with Crippen LogP contribution < -0.4 is 10.6 Å². The Morgan fingerprint density at radius 3 is 2.41 bits per heavy atom. The summed E-state index contributed by atoms with van der Waals surface area (Å²) in [7, 11) is 0. The molecule has 0 bridgehead atoms. The largest absolute Gasteiger partial charge is 0.350 e. The van der Waals surface area contributed by atoms with Crippen molar-refractivity contribution in [2.24, 2.45) is 0 Å². The van der Waals surface area contributed by atoms with Crippen molar-refractivity contribution >= 4 is 28.5 Å². The molecular formula is C22H25FN4O2. The summed E-state index contributed by atoms with van der Waals surface area (Å²) in [4.78, 5) is 29.3. The number of H-pyrrole nitrogens is 1. The molecule has 0 aliphatic heterocycles. The summed E-state index contributed by atoms with van der Waals surface area (Å²) in [5, 5.41) is 6.14. The molecule has 29 heavy (non-hydrogen) atoms. The van der Waals surface area contributed by atoms with Crippen LogP contribution >= 0.6 is 0 Å². The standard InChI is InChI=1S/C22H25FN4O2/c1-4-27(5-2)22(29)25-16-11-9-15(10-12-16)14(3)24-21(28)20-13-17-18(23)7-6-8-19(17)26-20/h6-14,26H,4-5H2,1-3H3,(H,24,28)(H,25,29)/t14-/m0/s1. The number of amides is 3. The molecule has 6 nitrogen and oxygen atoms in total. The third-order valence-corrected chi connectivity index (χ3v) is 4.92. The first-order valence-corrected chi connectivity index (χ1v) is 9.66. The number of carbonyl (C=O) groups is 2. The Labute approximate surface area is 169 Å². The molecule has 0 aliphatic rings. The van der Waals surface area contributed by atoms with E-state index in [4.69, 9.17) is 0 Å². The van der Waals surface area contributed by atoms with Gasteiger partial charge in [0.15, 0.2) is 0 Å². The number of benzene rings is 2. The number of hydrogen-bond acceptors (Lipinski definition) is 2. The van der Waals surface area contributed by atoms with Crippen LogP contribution in [0, 0.1) is 5.82 Å². The molecule has 1 aromatic heterocycles. The molecule has 3 rings (SSSR count). The van der Waals surface area contributed by atoms with Gasteiger partial charge in [-0.1, -0.05) is 18.2 Å². The van der Waals surface area contributed by atoms with Gasteiger partial charge in [0.25, 0.3) is 5.91 Å². The number of aromatic nitrogens is 1. The lowest BCUT2D eigenvalue weighted by Gasteiger charge is -2.19. The van der Waals surface area contributed by atoms with Gasteiger partial charge in [0, 0.05) is 29.7 Å². The summed E-state index contributed by atoms with van der Waals surface area (Å²) in [6, 6.07) is 13.1. The fraction of sp³-hybridized carbons (Fsp3) is 0.273. The van der Waals surface area contributed by atoms with Crippen LogP contribution in [-0.2, 0) is 0 Å². The Hall–Kier alpha value is -3.35. The first-order chi connectivity index (χ1) is 13.9. The zero-order valence-corrected chi connectivity index (χ0v) is 16.8. The smallest absolute Gasteiger partial charge is 0.321 e. The summed E-state index contributed by atoms with van der Waals surface area (Å²) in [5.74, 6) is -0.680. The molecule has 3 N–H and O–H groups in total. The minimum Gasteiger partial charge on any atom is -0.350 e. The van der Waals surface area contributed by atoms with E-state index in [1.165, 1.54) is 12.1 Å². The second kappa shape index (κ2) is 8.77. The highest BCUT2D eigenvalue weighted by Crippen LogP contribution is 2.20. The zero-order valence-electron chi connectivity index (χ0n) is 16.8. The van der Waals surface area contributed by atoms with Gasteiger partial charge < -0.3 is 20.5 Å². The molecule has 2 aromatic carbocycles. The third kappa shape index (κ3) is 4.56. The van der Waals surface area contributed by atoms with E-state index >= 15 is 0 Å². The topological polar surface area (TPSA) is 77.2 Å². The van der Waals surface area contributed by atoms with Crippen molar-refractivity contribution in [3.05, 3.63) is 65.6 Å². The van der Waals surface area contributed by atoms with Gasteiger partial charge in [-0.05, 0) is 56.7 Å². The molecule has 152 valence electrons. The number of fused-ring (bicyclic) bond motifs is 1. The molecule has 0 unspecified atom stereocenters. The second-order valence-corrected chi connectivity index (χ2v) is 6.80. The van der Waals surface area contributed by atoms with Crippen molar-refractivity contribution in [2.45, 2.75) is 26.8 Å². The average Bonchev–Trinajstić information content (AvgIpc) is 3.15. The van der Waals surface area contributed by atoms with Crippen LogP contribution in [0.4, 0.5) is 14.9 Å². The minimum absolute atomic E-state index is 0.143. The number of halogens is 1.